The standard InChI is InChI=1S/C41H39Cl2F3N6O3S2/c42-36-24(8-9-26-19-23(7-15-31(26)41(44,45)46)20-47-21-28-14-16-34(53)52-57-28)3-1-4-29(36)30-5-2-6-32(37(30)43)50-39-38-33(17-18-48-39)56-35(51-38)22-49-27-12-10-25(11-13-27)40(54)55/h1-9,15,17-19,25,27-28,47,49H,10-14,16,20-22H2,(H,48,50)(H,52,53)(H,54,55)/b9-8+/t25?,27?,28-/m0/s1. The van der Waals surface area contributed by atoms with Gasteiger partial charge in [0, 0.05) is 54.7 Å². The number of aromatic nitrogens is 2. The molecule has 7 rings (SSSR count). The van der Waals surface area contributed by atoms with Crippen LogP contribution in [-0.4, -0.2) is 44.8 Å². The SMILES string of the molecule is O=C1CC[C@@H](CNCc2ccc(C(F)(F)F)c(/C=C/c3cccc(-c4cccc(Nc5nccc6sc(CNC7CCC(C(=O)O)CC7)nc56)c4Cl)c3Cl)c2)SN1. The van der Waals surface area contributed by atoms with Crippen LogP contribution in [-0.2, 0) is 28.9 Å². The number of carboxylic acids is 1. The fourth-order valence-electron chi connectivity index (χ4n) is 7.07. The van der Waals surface area contributed by atoms with Gasteiger partial charge < -0.3 is 21.1 Å². The Labute approximate surface area is 346 Å². The van der Waals surface area contributed by atoms with Gasteiger partial charge in [-0.2, -0.15) is 13.2 Å². The zero-order valence-electron chi connectivity index (χ0n) is 30.5. The van der Waals surface area contributed by atoms with Gasteiger partial charge in [-0.15, -0.1) is 11.3 Å². The van der Waals surface area contributed by atoms with E-state index in [2.05, 4.69) is 25.7 Å². The lowest BCUT2D eigenvalue weighted by Crippen LogP contribution is -2.34. The molecule has 1 atom stereocenters. The van der Waals surface area contributed by atoms with Gasteiger partial charge in [-0.05, 0) is 85.0 Å². The third kappa shape index (κ3) is 10.1. The van der Waals surface area contributed by atoms with Crippen LogP contribution in [0.15, 0.2) is 66.9 Å². The summed E-state index contributed by atoms with van der Waals surface area (Å²) in [5.74, 6) is -0.462. The van der Waals surface area contributed by atoms with Crippen LogP contribution >= 0.6 is 46.5 Å². The number of aliphatic carboxylic acids is 1. The largest absolute Gasteiger partial charge is 0.481 e. The molecule has 57 heavy (non-hydrogen) atoms. The number of rotatable bonds is 13. The van der Waals surface area contributed by atoms with E-state index in [0.717, 1.165) is 35.0 Å². The first-order valence-corrected chi connectivity index (χ1v) is 21.0. The fraction of sp³-hybridized carbons (Fsp3) is 0.317. The average Bonchev–Trinajstić information content (AvgIpc) is 3.62. The third-order valence-corrected chi connectivity index (χ3v) is 13.1. The van der Waals surface area contributed by atoms with Crippen molar-refractivity contribution < 1.29 is 27.9 Å². The van der Waals surface area contributed by atoms with Crippen LogP contribution in [0.25, 0.3) is 33.5 Å². The second-order valence-electron chi connectivity index (χ2n) is 14.1. The highest BCUT2D eigenvalue weighted by Gasteiger charge is 2.33. The fourth-order valence-corrected chi connectivity index (χ4v) is 9.38. The maximum absolute atomic E-state index is 14.1. The van der Waals surface area contributed by atoms with Crippen molar-refractivity contribution >= 4 is 92.2 Å². The molecule has 5 N–H and O–H groups in total. The van der Waals surface area contributed by atoms with Crippen molar-refractivity contribution in [2.24, 2.45) is 5.92 Å². The summed E-state index contributed by atoms with van der Waals surface area (Å²) in [4.78, 5) is 32.2. The lowest BCUT2D eigenvalue weighted by Gasteiger charge is -2.26. The minimum absolute atomic E-state index is 0.00320. The molecule has 1 saturated carbocycles. The van der Waals surface area contributed by atoms with Gasteiger partial charge in [0.1, 0.15) is 10.5 Å². The number of amides is 1. The maximum atomic E-state index is 14.1. The number of anilines is 2. The summed E-state index contributed by atoms with van der Waals surface area (Å²) in [6.07, 6.45) is 4.28. The van der Waals surface area contributed by atoms with Gasteiger partial charge in [-0.25, -0.2) is 9.97 Å². The smallest absolute Gasteiger partial charge is 0.416 e. The molecule has 16 heteroatoms. The zero-order chi connectivity index (χ0) is 40.1. The lowest BCUT2D eigenvalue weighted by atomic mass is 9.86. The van der Waals surface area contributed by atoms with E-state index in [4.69, 9.17) is 28.2 Å². The van der Waals surface area contributed by atoms with Gasteiger partial charge >= 0.3 is 12.1 Å². The van der Waals surface area contributed by atoms with Crippen LogP contribution in [0, 0.1) is 5.92 Å². The van der Waals surface area contributed by atoms with E-state index in [-0.39, 0.29) is 28.7 Å². The molecule has 5 aromatic rings. The van der Waals surface area contributed by atoms with Crippen LogP contribution < -0.4 is 20.7 Å². The Morgan fingerprint density at radius 1 is 0.947 bits per heavy atom. The molecule has 0 radical (unpaired) electrons. The van der Waals surface area contributed by atoms with Gasteiger partial charge in [0.25, 0.3) is 0 Å². The van der Waals surface area contributed by atoms with Crippen LogP contribution in [0.2, 0.25) is 10.0 Å². The summed E-state index contributed by atoms with van der Waals surface area (Å²) < 4.78 is 46.0. The van der Waals surface area contributed by atoms with Crippen molar-refractivity contribution in [3.05, 3.63) is 104 Å². The predicted octanol–water partition coefficient (Wildman–Crippen LogP) is 10.3. The quantitative estimate of drug-likeness (QED) is 0.0581. The third-order valence-electron chi connectivity index (χ3n) is 10.1. The molecule has 0 bridgehead atoms. The normalized spacial score (nSPS) is 18.9. The van der Waals surface area contributed by atoms with Crippen molar-refractivity contribution in [3.8, 4) is 11.1 Å². The van der Waals surface area contributed by atoms with Gasteiger partial charge in [-0.3, -0.25) is 14.3 Å². The molecule has 3 aromatic carbocycles. The van der Waals surface area contributed by atoms with E-state index in [1.807, 2.05) is 24.3 Å². The van der Waals surface area contributed by atoms with Gasteiger partial charge in [0.2, 0.25) is 5.91 Å². The van der Waals surface area contributed by atoms with Crippen molar-refractivity contribution in [2.75, 3.05) is 11.9 Å². The highest BCUT2D eigenvalue weighted by Crippen LogP contribution is 2.41. The number of fused-ring (bicyclic) bond motifs is 1. The lowest BCUT2D eigenvalue weighted by molar-refractivity contribution is -0.143. The molecule has 0 unspecified atom stereocenters. The first-order chi connectivity index (χ1) is 27.4. The molecule has 298 valence electrons. The maximum Gasteiger partial charge on any atom is 0.416 e. The molecule has 9 nitrogen and oxygen atoms in total. The van der Waals surface area contributed by atoms with E-state index in [0.29, 0.717) is 88.2 Å². The number of alkyl halides is 3. The average molecular weight is 856 g/mol. The first-order valence-electron chi connectivity index (χ1n) is 18.5. The molecule has 1 saturated heterocycles. The number of carbonyl (C=O) groups is 2. The topological polar surface area (TPSA) is 128 Å². The molecule has 2 aromatic heterocycles. The monoisotopic (exact) mass is 854 g/mol. The van der Waals surface area contributed by atoms with Crippen molar-refractivity contribution in [1.82, 2.24) is 25.3 Å². The van der Waals surface area contributed by atoms with Crippen molar-refractivity contribution in [2.45, 2.75) is 69.1 Å². The Morgan fingerprint density at radius 3 is 2.44 bits per heavy atom. The number of nitrogens with one attached hydrogen (secondary N) is 4. The van der Waals surface area contributed by atoms with Crippen molar-refractivity contribution in [1.29, 1.82) is 0 Å². The van der Waals surface area contributed by atoms with Crippen LogP contribution in [0.4, 0.5) is 24.7 Å². The minimum Gasteiger partial charge on any atom is -0.481 e. The highest BCUT2D eigenvalue weighted by atomic mass is 35.5. The van der Waals surface area contributed by atoms with E-state index < -0.39 is 17.7 Å². The van der Waals surface area contributed by atoms with Gasteiger partial charge in [0.05, 0.1) is 31.9 Å². The Bertz CT molecular complexity index is 2290. The van der Waals surface area contributed by atoms with Crippen LogP contribution in [0.5, 0.6) is 0 Å². The molecule has 2 fully saturated rings. The molecule has 1 aliphatic heterocycles. The number of hydrogen-bond acceptors (Lipinski definition) is 9. The van der Waals surface area contributed by atoms with Crippen molar-refractivity contribution in [3.63, 3.8) is 0 Å². The molecular formula is C41H39Cl2F3N6O3S2. The summed E-state index contributed by atoms with van der Waals surface area (Å²) in [6.45, 7) is 1.53. The molecular weight excluding hydrogens is 817 g/mol. The van der Waals surface area contributed by atoms with Crippen LogP contribution in [0.1, 0.15) is 65.8 Å². The van der Waals surface area contributed by atoms with E-state index >= 15 is 0 Å². The number of nitrogens with zero attached hydrogens (tertiary/aromatic N) is 2. The minimum atomic E-state index is -4.56. The molecule has 0 spiro atoms. The second kappa shape index (κ2) is 18.2. The Morgan fingerprint density at radius 2 is 1.70 bits per heavy atom. The number of halogens is 5. The van der Waals surface area contributed by atoms with Gasteiger partial charge in [0.15, 0.2) is 5.82 Å². The Kier molecular flexibility index (Phi) is 13.1. The summed E-state index contributed by atoms with van der Waals surface area (Å²) >= 11 is 16.9. The predicted molar refractivity (Wildman–Crippen MR) is 224 cm³/mol. The number of hydrogen-bond donors (Lipinski definition) is 5. The van der Waals surface area contributed by atoms with E-state index in [1.165, 1.54) is 30.2 Å². The molecule has 3 heterocycles. The van der Waals surface area contributed by atoms with E-state index in [1.54, 1.807) is 41.8 Å². The molecule has 1 aliphatic carbocycles. The molecule has 2 aliphatic rings. The summed E-state index contributed by atoms with van der Waals surface area (Å²) in [7, 11) is 0. The Hall–Kier alpha value is -4.18. The number of carboxylic acid groups (broad SMARTS) is 1. The zero-order valence-corrected chi connectivity index (χ0v) is 33.6. The summed E-state index contributed by atoms with van der Waals surface area (Å²) in [6, 6.07) is 17.0. The number of carbonyl (C=O) groups excluding carboxylic acids is 1. The Balaban J connectivity index is 1.06. The highest BCUT2D eigenvalue weighted by molar-refractivity contribution is 7.98. The first kappa shape index (κ1) is 41.0. The van der Waals surface area contributed by atoms with Crippen LogP contribution in [0.3, 0.4) is 0 Å². The number of pyridine rings is 1. The molecule has 1 amide bonds. The number of benzene rings is 3. The van der Waals surface area contributed by atoms with Gasteiger partial charge in [-0.1, -0.05) is 71.8 Å². The second-order valence-corrected chi connectivity index (χ2v) is 17.0. The summed E-state index contributed by atoms with van der Waals surface area (Å²) in [5, 5.41) is 21.2. The van der Waals surface area contributed by atoms with E-state index in [9.17, 15) is 27.9 Å². The summed E-state index contributed by atoms with van der Waals surface area (Å²) in [5.41, 5.74) is 2.94. The number of thiazole rings is 1.